The fraction of sp³-hybridized carbons (Fsp3) is 0.217. The van der Waals surface area contributed by atoms with E-state index in [-0.39, 0.29) is 40.0 Å². The van der Waals surface area contributed by atoms with Crippen LogP contribution in [0.2, 0.25) is 0 Å². The van der Waals surface area contributed by atoms with Crippen molar-refractivity contribution in [1.29, 1.82) is 0 Å². The van der Waals surface area contributed by atoms with E-state index in [0.29, 0.717) is 5.69 Å². The van der Waals surface area contributed by atoms with Gasteiger partial charge in [-0.3, -0.25) is 14.4 Å². The molecule has 34 heavy (non-hydrogen) atoms. The summed E-state index contributed by atoms with van der Waals surface area (Å²) in [6.45, 7) is 4.29. The Balaban J connectivity index is 1.93. The molecule has 0 aliphatic rings. The highest BCUT2D eigenvalue weighted by Crippen LogP contribution is 2.31. The van der Waals surface area contributed by atoms with Crippen LogP contribution >= 0.6 is 0 Å². The molecule has 0 aliphatic carbocycles. The highest BCUT2D eigenvalue weighted by molar-refractivity contribution is 6.47. The number of nitrogens with one attached hydrogen (secondary N) is 2. The number of Topliss-reactive ketones (excluding diaryl/α,β-unsaturated/α-hetero) is 1. The molecule has 0 radical (unpaired) electrons. The summed E-state index contributed by atoms with van der Waals surface area (Å²) in [6, 6.07) is 8.98. The van der Waals surface area contributed by atoms with Crippen molar-refractivity contribution in [2.75, 3.05) is 17.7 Å². The molecule has 1 heterocycles. The maximum absolute atomic E-state index is 13.1. The van der Waals surface area contributed by atoms with Gasteiger partial charge in [0.25, 0.3) is 11.7 Å². The van der Waals surface area contributed by atoms with Crippen molar-refractivity contribution in [2.45, 2.75) is 26.9 Å². The number of hydrogen-bond donors (Lipinski definition) is 2. The van der Waals surface area contributed by atoms with Crippen LogP contribution in [0.3, 0.4) is 0 Å². The molecule has 0 saturated carbocycles. The molecule has 2 N–H and O–H groups in total. The topological polar surface area (TPSA) is 102 Å². The van der Waals surface area contributed by atoms with Crippen LogP contribution in [0.1, 0.15) is 34.2 Å². The summed E-state index contributed by atoms with van der Waals surface area (Å²) >= 11 is 0. The molecule has 1 aromatic heterocycles. The minimum atomic E-state index is -4.55. The van der Waals surface area contributed by atoms with Gasteiger partial charge < -0.3 is 15.4 Å². The number of halogens is 3. The molecule has 8 nitrogen and oxygen atoms in total. The predicted molar refractivity (Wildman–Crippen MR) is 118 cm³/mol. The average Bonchev–Trinajstić information content (AvgIpc) is 3.06. The lowest BCUT2D eigenvalue weighted by Gasteiger charge is -2.12. The lowest BCUT2D eigenvalue weighted by atomic mass is 10.1. The van der Waals surface area contributed by atoms with Gasteiger partial charge in [0.05, 0.1) is 41.0 Å². The highest BCUT2D eigenvalue weighted by atomic mass is 19.4. The predicted octanol–water partition coefficient (Wildman–Crippen LogP) is 4.30. The first kappa shape index (κ1) is 24.5. The minimum absolute atomic E-state index is 0.0353. The van der Waals surface area contributed by atoms with Crippen LogP contribution in [0.4, 0.5) is 24.5 Å². The Morgan fingerprint density at radius 3 is 2.35 bits per heavy atom. The number of aromatic nitrogens is 2. The van der Waals surface area contributed by atoms with Gasteiger partial charge in [-0.2, -0.15) is 18.3 Å². The summed E-state index contributed by atoms with van der Waals surface area (Å²) < 4.78 is 45.7. The number of amides is 2. The van der Waals surface area contributed by atoms with Crippen molar-refractivity contribution < 1.29 is 32.3 Å². The lowest BCUT2D eigenvalue weighted by molar-refractivity contribution is -0.137. The number of aryl methyl sites for hydroxylation is 1. The van der Waals surface area contributed by atoms with Crippen molar-refractivity contribution in [2.24, 2.45) is 0 Å². The Bertz CT molecular complexity index is 1280. The van der Waals surface area contributed by atoms with Crippen LogP contribution in [0.25, 0.3) is 5.69 Å². The van der Waals surface area contributed by atoms with E-state index in [1.54, 1.807) is 6.07 Å². The van der Waals surface area contributed by atoms with Crippen molar-refractivity contribution in [3.05, 3.63) is 65.0 Å². The standard InChI is InChI=1S/C23H21F3N4O4/c1-12-20(13(2)30(29-12)17-7-5-6-15(10-17)23(24,25)26)21(32)22(33)28-18-11-16(27-14(3)31)8-9-19(18)34-4/h5-11H,1-4H3,(H,27,31)(H,28,33). The molecule has 11 heteroatoms. The van der Waals surface area contributed by atoms with E-state index < -0.39 is 23.4 Å². The van der Waals surface area contributed by atoms with Crippen LogP contribution in [0, 0.1) is 13.8 Å². The molecule has 3 rings (SSSR count). The van der Waals surface area contributed by atoms with Crippen LogP contribution < -0.4 is 15.4 Å². The normalized spacial score (nSPS) is 11.1. The summed E-state index contributed by atoms with van der Waals surface area (Å²) in [6.07, 6.45) is -4.55. The van der Waals surface area contributed by atoms with Crippen LogP contribution in [-0.4, -0.2) is 34.5 Å². The molecular weight excluding hydrogens is 453 g/mol. The molecule has 0 spiro atoms. The van der Waals surface area contributed by atoms with Gasteiger partial charge in [-0.15, -0.1) is 0 Å². The maximum Gasteiger partial charge on any atom is 0.416 e. The molecular formula is C23H21F3N4O4. The molecule has 0 bridgehead atoms. The average molecular weight is 474 g/mol. The van der Waals surface area contributed by atoms with Gasteiger partial charge in [-0.25, -0.2) is 4.68 Å². The zero-order valence-electron chi connectivity index (χ0n) is 18.7. The van der Waals surface area contributed by atoms with Gasteiger partial charge in [0, 0.05) is 12.6 Å². The third kappa shape index (κ3) is 5.08. The van der Waals surface area contributed by atoms with Crippen molar-refractivity contribution in [3.8, 4) is 11.4 Å². The number of carbonyl (C=O) groups is 3. The molecule has 0 fully saturated rings. The number of nitrogens with zero attached hydrogens (tertiary/aromatic N) is 2. The molecule has 178 valence electrons. The summed E-state index contributed by atoms with van der Waals surface area (Å²) in [7, 11) is 1.37. The summed E-state index contributed by atoms with van der Waals surface area (Å²) in [5.41, 5.74) is 0.0965. The van der Waals surface area contributed by atoms with Crippen molar-refractivity contribution in [3.63, 3.8) is 0 Å². The Kier molecular flexibility index (Phi) is 6.75. The highest BCUT2D eigenvalue weighted by Gasteiger charge is 2.31. The van der Waals surface area contributed by atoms with Crippen LogP contribution in [0.15, 0.2) is 42.5 Å². The SMILES string of the molecule is COc1ccc(NC(C)=O)cc1NC(=O)C(=O)c1c(C)nn(-c2cccc(C(F)(F)F)c2)c1C. The summed E-state index contributed by atoms with van der Waals surface area (Å²) in [4.78, 5) is 37.0. The molecule has 0 unspecified atom stereocenters. The number of benzene rings is 2. The molecule has 2 amide bonds. The summed E-state index contributed by atoms with van der Waals surface area (Å²) in [5.74, 6) is -2.01. The van der Waals surface area contributed by atoms with E-state index in [9.17, 15) is 27.6 Å². The first-order valence-electron chi connectivity index (χ1n) is 9.97. The first-order valence-corrected chi connectivity index (χ1v) is 9.97. The summed E-state index contributed by atoms with van der Waals surface area (Å²) in [5, 5.41) is 9.19. The van der Waals surface area contributed by atoms with Crippen molar-refractivity contribution >= 4 is 29.0 Å². The minimum Gasteiger partial charge on any atom is -0.495 e. The Hall–Kier alpha value is -4.15. The number of rotatable bonds is 6. The van der Waals surface area contributed by atoms with Crippen LogP contribution in [-0.2, 0) is 15.8 Å². The molecule has 0 atom stereocenters. The number of alkyl halides is 3. The number of methoxy groups -OCH3 is 1. The quantitative estimate of drug-likeness (QED) is 0.410. The van der Waals surface area contributed by atoms with E-state index in [1.807, 2.05) is 0 Å². The molecule has 0 saturated heterocycles. The smallest absolute Gasteiger partial charge is 0.416 e. The van der Waals surface area contributed by atoms with Crippen molar-refractivity contribution in [1.82, 2.24) is 9.78 Å². The van der Waals surface area contributed by atoms with Gasteiger partial charge in [-0.1, -0.05) is 6.07 Å². The van der Waals surface area contributed by atoms with E-state index in [2.05, 4.69) is 15.7 Å². The fourth-order valence-electron chi connectivity index (χ4n) is 3.42. The van der Waals surface area contributed by atoms with Gasteiger partial charge >= 0.3 is 6.18 Å². The second-order valence-electron chi connectivity index (χ2n) is 7.39. The number of ketones is 1. The van der Waals surface area contributed by atoms with Gasteiger partial charge in [0.1, 0.15) is 5.75 Å². The largest absolute Gasteiger partial charge is 0.495 e. The first-order chi connectivity index (χ1) is 15.9. The molecule has 0 aliphatic heterocycles. The third-order valence-corrected chi connectivity index (χ3v) is 4.91. The zero-order chi connectivity index (χ0) is 25.2. The Morgan fingerprint density at radius 2 is 1.74 bits per heavy atom. The Labute approximate surface area is 192 Å². The second kappa shape index (κ2) is 9.38. The Morgan fingerprint density at radius 1 is 1.03 bits per heavy atom. The third-order valence-electron chi connectivity index (χ3n) is 4.91. The number of anilines is 2. The molecule has 2 aromatic carbocycles. The number of carbonyl (C=O) groups excluding carboxylic acids is 3. The van der Waals surface area contributed by atoms with Gasteiger partial charge in [0.15, 0.2) is 0 Å². The van der Waals surface area contributed by atoms with E-state index in [4.69, 9.17) is 4.74 Å². The fourth-order valence-corrected chi connectivity index (χ4v) is 3.42. The second-order valence-corrected chi connectivity index (χ2v) is 7.39. The zero-order valence-corrected chi connectivity index (χ0v) is 18.7. The van der Waals surface area contributed by atoms with E-state index in [1.165, 1.54) is 56.8 Å². The van der Waals surface area contributed by atoms with E-state index in [0.717, 1.165) is 12.1 Å². The van der Waals surface area contributed by atoms with Gasteiger partial charge in [-0.05, 0) is 50.2 Å². The number of hydrogen-bond acceptors (Lipinski definition) is 5. The molecule has 3 aromatic rings. The maximum atomic E-state index is 13.1. The lowest BCUT2D eigenvalue weighted by Crippen LogP contribution is -2.24. The van der Waals surface area contributed by atoms with Crippen LogP contribution in [0.5, 0.6) is 5.75 Å². The van der Waals surface area contributed by atoms with E-state index >= 15 is 0 Å². The number of ether oxygens (including phenoxy) is 1. The van der Waals surface area contributed by atoms with Gasteiger partial charge in [0.2, 0.25) is 5.91 Å². The monoisotopic (exact) mass is 474 g/mol.